The molecule has 19 heavy (non-hydrogen) atoms. The fourth-order valence-electron chi connectivity index (χ4n) is 1.82. The smallest absolute Gasteiger partial charge is 0.123 e. The molecule has 0 amide bonds. The number of benzene rings is 2. The van der Waals surface area contributed by atoms with E-state index in [1.807, 2.05) is 0 Å². The number of hydrogen-bond donors (Lipinski definition) is 2. The molecule has 0 bridgehead atoms. The molecule has 0 fully saturated rings. The van der Waals surface area contributed by atoms with Gasteiger partial charge in [-0.15, -0.1) is 0 Å². The van der Waals surface area contributed by atoms with E-state index in [1.165, 1.54) is 12.1 Å². The summed E-state index contributed by atoms with van der Waals surface area (Å²) in [7, 11) is 0. The van der Waals surface area contributed by atoms with Gasteiger partial charge >= 0.3 is 0 Å². The second-order valence-electron chi connectivity index (χ2n) is 4.21. The van der Waals surface area contributed by atoms with E-state index in [1.54, 1.807) is 30.3 Å². The molecule has 0 heterocycles. The van der Waals surface area contributed by atoms with Crippen LogP contribution in [0.5, 0.6) is 5.75 Å². The second kappa shape index (κ2) is 6.31. The Bertz CT molecular complexity index is 558. The lowest BCUT2D eigenvalue weighted by atomic mass is 10.1. The Kier molecular flexibility index (Phi) is 4.49. The van der Waals surface area contributed by atoms with Crippen molar-refractivity contribution >= 4 is 0 Å². The molecule has 4 heteroatoms. The maximum atomic E-state index is 13.2. The summed E-state index contributed by atoms with van der Waals surface area (Å²) in [5.74, 6) is 0.332. The minimum atomic E-state index is -0.306. The van der Waals surface area contributed by atoms with Gasteiger partial charge in [0.05, 0.1) is 6.61 Å². The third-order valence-corrected chi connectivity index (χ3v) is 2.86. The SMILES string of the molecule is NCc1ccc(F)cc1COc1cccc(CO)c1. The summed E-state index contributed by atoms with van der Waals surface area (Å²) in [5.41, 5.74) is 7.97. The highest BCUT2D eigenvalue weighted by Gasteiger charge is 2.04. The number of halogens is 1. The van der Waals surface area contributed by atoms with Crippen LogP contribution in [-0.2, 0) is 19.8 Å². The zero-order valence-electron chi connectivity index (χ0n) is 10.5. The molecule has 0 saturated heterocycles. The van der Waals surface area contributed by atoms with Crippen molar-refractivity contribution in [3.63, 3.8) is 0 Å². The molecular weight excluding hydrogens is 245 g/mol. The molecule has 0 radical (unpaired) electrons. The molecule has 0 spiro atoms. The molecule has 0 saturated carbocycles. The molecule has 3 N–H and O–H groups in total. The molecule has 100 valence electrons. The molecule has 3 nitrogen and oxygen atoms in total. The Morgan fingerprint density at radius 1 is 1.11 bits per heavy atom. The van der Waals surface area contributed by atoms with E-state index in [0.29, 0.717) is 12.3 Å². The summed E-state index contributed by atoms with van der Waals surface area (Å²) in [4.78, 5) is 0. The highest BCUT2D eigenvalue weighted by Crippen LogP contribution is 2.17. The lowest BCUT2D eigenvalue weighted by Crippen LogP contribution is -2.05. The Hall–Kier alpha value is -1.91. The Morgan fingerprint density at radius 2 is 1.95 bits per heavy atom. The summed E-state index contributed by atoms with van der Waals surface area (Å²) in [5, 5.41) is 9.04. The Morgan fingerprint density at radius 3 is 2.68 bits per heavy atom. The van der Waals surface area contributed by atoms with Crippen LogP contribution in [0.1, 0.15) is 16.7 Å². The van der Waals surface area contributed by atoms with E-state index < -0.39 is 0 Å². The summed E-state index contributed by atoms with van der Waals surface area (Å²) in [6.07, 6.45) is 0. The predicted molar refractivity (Wildman–Crippen MR) is 71.0 cm³/mol. The largest absolute Gasteiger partial charge is 0.489 e. The topological polar surface area (TPSA) is 55.5 Å². The van der Waals surface area contributed by atoms with E-state index in [2.05, 4.69) is 0 Å². The minimum absolute atomic E-state index is 0.0365. The van der Waals surface area contributed by atoms with Crippen molar-refractivity contribution in [2.45, 2.75) is 19.8 Å². The standard InChI is InChI=1S/C15H16FNO2/c16-14-5-4-12(8-17)13(7-14)10-19-15-3-1-2-11(6-15)9-18/h1-7,18H,8-10,17H2. The van der Waals surface area contributed by atoms with Gasteiger partial charge in [0.15, 0.2) is 0 Å². The molecule has 2 rings (SSSR count). The van der Waals surface area contributed by atoms with E-state index in [-0.39, 0.29) is 19.0 Å². The molecule has 0 atom stereocenters. The van der Waals surface area contributed by atoms with Gasteiger partial charge in [0.2, 0.25) is 0 Å². The third-order valence-electron chi connectivity index (χ3n) is 2.86. The van der Waals surface area contributed by atoms with Crippen LogP contribution in [0.25, 0.3) is 0 Å². The molecule has 0 aliphatic carbocycles. The lowest BCUT2D eigenvalue weighted by molar-refractivity contribution is 0.277. The third kappa shape index (κ3) is 3.53. The van der Waals surface area contributed by atoms with Gasteiger partial charge in [0.25, 0.3) is 0 Å². The number of rotatable bonds is 5. The van der Waals surface area contributed by atoms with Crippen molar-refractivity contribution in [2.24, 2.45) is 5.73 Å². The lowest BCUT2D eigenvalue weighted by Gasteiger charge is -2.10. The number of aliphatic hydroxyl groups excluding tert-OH is 1. The molecule has 0 aliphatic rings. The normalized spacial score (nSPS) is 10.5. The summed E-state index contributed by atoms with van der Waals surface area (Å²) < 4.78 is 18.8. The van der Waals surface area contributed by atoms with Crippen LogP contribution in [0.2, 0.25) is 0 Å². The van der Waals surface area contributed by atoms with Crippen LogP contribution in [0, 0.1) is 5.82 Å². The number of ether oxygens (including phenoxy) is 1. The van der Waals surface area contributed by atoms with E-state index in [4.69, 9.17) is 15.6 Å². The Balaban J connectivity index is 2.11. The maximum absolute atomic E-state index is 13.2. The quantitative estimate of drug-likeness (QED) is 0.868. The summed E-state index contributed by atoms with van der Waals surface area (Å²) in [6.45, 7) is 0.556. The first-order chi connectivity index (χ1) is 9.22. The summed E-state index contributed by atoms with van der Waals surface area (Å²) >= 11 is 0. The molecule has 0 aromatic heterocycles. The van der Waals surface area contributed by atoms with Crippen LogP contribution >= 0.6 is 0 Å². The van der Waals surface area contributed by atoms with Gasteiger partial charge in [-0.3, -0.25) is 0 Å². The average Bonchev–Trinajstić information content (AvgIpc) is 2.45. The molecular formula is C15H16FNO2. The van der Waals surface area contributed by atoms with Crippen molar-refractivity contribution in [1.82, 2.24) is 0 Å². The van der Waals surface area contributed by atoms with Gasteiger partial charge in [-0.1, -0.05) is 18.2 Å². The molecule has 0 unspecified atom stereocenters. The van der Waals surface area contributed by atoms with Crippen molar-refractivity contribution in [3.05, 3.63) is 65.0 Å². The van der Waals surface area contributed by atoms with Gasteiger partial charge in [0, 0.05) is 6.54 Å². The fraction of sp³-hybridized carbons (Fsp3) is 0.200. The first-order valence-corrected chi connectivity index (χ1v) is 6.03. The van der Waals surface area contributed by atoms with Gasteiger partial charge in [-0.25, -0.2) is 4.39 Å². The zero-order valence-corrected chi connectivity index (χ0v) is 10.5. The Labute approximate surface area is 111 Å². The summed E-state index contributed by atoms with van der Waals surface area (Å²) in [6, 6.07) is 11.6. The first-order valence-electron chi connectivity index (χ1n) is 6.03. The maximum Gasteiger partial charge on any atom is 0.123 e. The van der Waals surface area contributed by atoms with Gasteiger partial charge in [-0.2, -0.15) is 0 Å². The molecule has 2 aromatic rings. The zero-order chi connectivity index (χ0) is 13.7. The van der Waals surface area contributed by atoms with Gasteiger partial charge in [-0.05, 0) is 41.0 Å². The molecule has 0 aliphatic heterocycles. The van der Waals surface area contributed by atoms with Crippen LogP contribution in [0.4, 0.5) is 4.39 Å². The van der Waals surface area contributed by atoms with E-state index in [0.717, 1.165) is 16.7 Å². The van der Waals surface area contributed by atoms with Crippen LogP contribution in [-0.4, -0.2) is 5.11 Å². The van der Waals surface area contributed by atoms with Crippen molar-refractivity contribution < 1.29 is 14.2 Å². The monoisotopic (exact) mass is 261 g/mol. The minimum Gasteiger partial charge on any atom is -0.489 e. The van der Waals surface area contributed by atoms with Crippen molar-refractivity contribution in [3.8, 4) is 5.75 Å². The number of hydrogen-bond acceptors (Lipinski definition) is 3. The number of aliphatic hydroxyl groups is 1. The second-order valence-corrected chi connectivity index (χ2v) is 4.21. The average molecular weight is 261 g/mol. The van der Waals surface area contributed by atoms with E-state index >= 15 is 0 Å². The van der Waals surface area contributed by atoms with Crippen molar-refractivity contribution in [2.75, 3.05) is 0 Å². The van der Waals surface area contributed by atoms with Gasteiger partial charge < -0.3 is 15.6 Å². The highest BCUT2D eigenvalue weighted by atomic mass is 19.1. The first kappa shape index (κ1) is 13.5. The number of nitrogens with two attached hydrogens (primary N) is 1. The van der Waals surface area contributed by atoms with Crippen LogP contribution < -0.4 is 10.5 Å². The fourth-order valence-corrected chi connectivity index (χ4v) is 1.82. The van der Waals surface area contributed by atoms with Crippen LogP contribution in [0.3, 0.4) is 0 Å². The van der Waals surface area contributed by atoms with Crippen LogP contribution in [0.15, 0.2) is 42.5 Å². The van der Waals surface area contributed by atoms with Crippen molar-refractivity contribution in [1.29, 1.82) is 0 Å². The highest BCUT2D eigenvalue weighted by molar-refractivity contribution is 5.30. The molecule has 2 aromatic carbocycles. The van der Waals surface area contributed by atoms with E-state index in [9.17, 15) is 4.39 Å². The van der Waals surface area contributed by atoms with Gasteiger partial charge in [0.1, 0.15) is 18.2 Å². The predicted octanol–water partition coefficient (Wildman–Crippen LogP) is 2.36.